The van der Waals surface area contributed by atoms with Crippen LogP contribution in [0.5, 0.6) is 0 Å². The molecule has 0 aromatic heterocycles. The van der Waals surface area contributed by atoms with Crippen LogP contribution in [0, 0.1) is 23.7 Å². The number of aliphatic hydroxyl groups excluding tert-OH is 3. The molecular formula is C37H67NO13. The summed E-state index contributed by atoms with van der Waals surface area (Å²) >= 11 is 0. The van der Waals surface area contributed by atoms with Crippen LogP contribution >= 0.6 is 0 Å². The van der Waals surface area contributed by atoms with E-state index in [1.807, 2.05) is 25.9 Å². The van der Waals surface area contributed by atoms with E-state index in [0.29, 0.717) is 6.42 Å². The maximum atomic E-state index is 14.1. The lowest BCUT2D eigenvalue weighted by molar-refractivity contribution is -0.318. The summed E-state index contributed by atoms with van der Waals surface area (Å²) in [6, 6.07) is -0.324. The summed E-state index contributed by atoms with van der Waals surface area (Å²) in [7, 11) is 5.18. The Bertz CT molecular complexity index is 1170. The second-order valence-corrected chi connectivity index (χ2v) is 16.5. The van der Waals surface area contributed by atoms with Crippen LogP contribution in [0.1, 0.15) is 94.9 Å². The zero-order chi connectivity index (χ0) is 39.0. The second kappa shape index (κ2) is 17.0. The number of ether oxygens (including phenoxy) is 6. The fraction of sp³-hybridized carbons (Fsp3) is 0.946. The molecule has 14 nitrogen and oxygen atoms in total. The molecule has 0 radical (unpaired) electrons. The van der Waals surface area contributed by atoms with Crippen molar-refractivity contribution in [3.8, 4) is 0 Å². The highest BCUT2D eigenvalue weighted by molar-refractivity contribution is 5.83. The molecule has 0 aromatic rings. The topological polar surface area (TPSA) is 194 Å². The van der Waals surface area contributed by atoms with Crippen molar-refractivity contribution in [1.29, 1.82) is 0 Å². The van der Waals surface area contributed by atoms with Crippen molar-refractivity contribution >= 4 is 11.8 Å². The van der Waals surface area contributed by atoms with Crippen molar-refractivity contribution in [3.63, 3.8) is 0 Å². The van der Waals surface area contributed by atoms with Gasteiger partial charge in [0.15, 0.2) is 12.6 Å². The predicted octanol–water partition coefficient (Wildman–Crippen LogP) is 1.79. The van der Waals surface area contributed by atoms with Gasteiger partial charge in [-0.3, -0.25) is 9.59 Å². The normalized spacial score (nSPS) is 49.7. The largest absolute Gasteiger partial charge is 0.459 e. The lowest BCUT2D eigenvalue weighted by atomic mass is 9.74. The molecule has 3 fully saturated rings. The lowest BCUT2D eigenvalue weighted by Crippen LogP contribution is -2.61. The Morgan fingerprint density at radius 1 is 0.882 bits per heavy atom. The first kappa shape index (κ1) is 44.1. The zero-order valence-corrected chi connectivity index (χ0v) is 32.9. The highest BCUT2D eigenvalue weighted by atomic mass is 16.7. The Balaban J connectivity index is 2.18. The highest BCUT2D eigenvalue weighted by Crippen LogP contribution is 2.40. The van der Waals surface area contributed by atoms with Crippen molar-refractivity contribution in [2.75, 3.05) is 21.2 Å². The first-order chi connectivity index (χ1) is 23.4. The number of likely N-dealkylation sites (N-methyl/N-ethyl adjacent to an activating group) is 1. The average molecular weight is 734 g/mol. The molecule has 0 aliphatic carbocycles. The molecule has 0 saturated carbocycles. The monoisotopic (exact) mass is 733 g/mol. The van der Waals surface area contributed by atoms with E-state index in [4.69, 9.17) is 28.4 Å². The minimum Gasteiger partial charge on any atom is -0.459 e. The van der Waals surface area contributed by atoms with Gasteiger partial charge < -0.3 is 58.9 Å². The van der Waals surface area contributed by atoms with Gasteiger partial charge in [0.2, 0.25) is 0 Å². The molecule has 5 N–H and O–H groups in total. The number of Topliss-reactive ketones (excluding diaryl/α,β-unsaturated/α-hetero) is 1. The van der Waals surface area contributed by atoms with Crippen molar-refractivity contribution in [2.24, 2.45) is 23.7 Å². The van der Waals surface area contributed by atoms with E-state index in [0.717, 1.165) is 0 Å². The first-order valence-corrected chi connectivity index (χ1v) is 18.5. The molecule has 3 rings (SSSR count). The lowest BCUT2D eigenvalue weighted by Gasteiger charge is -2.49. The van der Waals surface area contributed by atoms with E-state index >= 15 is 0 Å². The standard InChI is InChI=1S/C37H67NO13/c1-14-25-37(10,45)30(41)20(4)27(39)18(2)16-35(8,44)32(51-34-28(40)24(38(11)12)15-19(3)47-34)21(5)29(22(6)33(43)49-25)50-26-17-36(9,46-13)31(42)23(7)48-26/h18-26,28-32,34,40-42,44-45H,14-17H2,1-13H3/t18-,19-,20+,21+,22-,23+,24+,25-,26+,28?,29+,30-,31+,32-,34+,35-,36-,37-/m1/s1. The summed E-state index contributed by atoms with van der Waals surface area (Å²) in [5.74, 6) is -4.98. The Kier molecular flexibility index (Phi) is 14.7. The van der Waals surface area contributed by atoms with Gasteiger partial charge in [-0.15, -0.1) is 0 Å². The van der Waals surface area contributed by atoms with Gasteiger partial charge >= 0.3 is 5.97 Å². The number of rotatable bonds is 7. The number of cyclic esters (lactones) is 1. The summed E-state index contributed by atoms with van der Waals surface area (Å²) < 4.78 is 37.1. The van der Waals surface area contributed by atoms with E-state index < -0.39 is 108 Å². The zero-order valence-electron chi connectivity index (χ0n) is 32.9. The fourth-order valence-corrected chi connectivity index (χ4v) is 8.41. The van der Waals surface area contributed by atoms with Crippen molar-refractivity contribution in [3.05, 3.63) is 0 Å². The molecule has 18 atom stereocenters. The molecule has 0 bridgehead atoms. The van der Waals surface area contributed by atoms with Gasteiger partial charge in [0.25, 0.3) is 0 Å². The van der Waals surface area contributed by atoms with E-state index in [1.165, 1.54) is 27.9 Å². The van der Waals surface area contributed by atoms with Crippen LogP contribution in [-0.4, -0.2) is 148 Å². The number of hydrogen-bond donors (Lipinski definition) is 5. The van der Waals surface area contributed by atoms with Crippen LogP contribution in [0.2, 0.25) is 0 Å². The van der Waals surface area contributed by atoms with E-state index in [9.17, 15) is 35.1 Å². The van der Waals surface area contributed by atoms with Gasteiger partial charge in [-0.05, 0) is 74.9 Å². The van der Waals surface area contributed by atoms with E-state index in [2.05, 4.69) is 0 Å². The molecule has 3 heterocycles. The predicted molar refractivity (Wildman–Crippen MR) is 186 cm³/mol. The summed E-state index contributed by atoms with van der Waals surface area (Å²) in [6.45, 7) is 16.3. The second-order valence-electron chi connectivity index (χ2n) is 16.5. The van der Waals surface area contributed by atoms with Crippen LogP contribution in [-0.2, 0) is 38.0 Å². The molecule has 298 valence electrons. The maximum Gasteiger partial charge on any atom is 0.311 e. The van der Waals surface area contributed by atoms with Crippen molar-refractivity contribution in [1.82, 2.24) is 4.90 Å². The Morgan fingerprint density at radius 3 is 2.04 bits per heavy atom. The van der Waals surface area contributed by atoms with Crippen LogP contribution in [0.15, 0.2) is 0 Å². The number of carbonyl (C=O) groups is 2. The molecule has 14 heteroatoms. The van der Waals surface area contributed by atoms with E-state index in [-0.39, 0.29) is 31.4 Å². The summed E-state index contributed by atoms with van der Waals surface area (Å²) in [5, 5.41) is 57.6. The molecule has 3 aliphatic heterocycles. The minimum atomic E-state index is -1.99. The van der Waals surface area contributed by atoms with Gasteiger partial charge in [0.1, 0.15) is 29.7 Å². The van der Waals surface area contributed by atoms with Crippen LogP contribution in [0.4, 0.5) is 0 Å². The Labute approximate surface area is 304 Å². The molecule has 3 aliphatic rings. The van der Waals surface area contributed by atoms with Crippen molar-refractivity contribution in [2.45, 2.75) is 179 Å². The number of aliphatic hydroxyl groups is 5. The summed E-state index contributed by atoms with van der Waals surface area (Å²) in [4.78, 5) is 29.8. The van der Waals surface area contributed by atoms with Crippen LogP contribution < -0.4 is 0 Å². The summed E-state index contributed by atoms with van der Waals surface area (Å²) in [6.07, 6.45) is -9.71. The SMILES string of the molecule is CC[C@H]1OC(=O)[C@H](C)[C@@H](O[C@H]2C[C@@](C)(OC)[C@@H](O)[C@H](C)O2)[C@H](C)[C@@H](O[C@@H]2O[C@H](C)C[C@H](N(C)C)C2O)[C@](C)(O)C[C@@H](C)C(=O)[C@H](C)[C@@H](O)[C@]1(C)O. The van der Waals surface area contributed by atoms with Crippen molar-refractivity contribution < 1.29 is 63.5 Å². The van der Waals surface area contributed by atoms with E-state index in [1.54, 1.807) is 41.5 Å². The van der Waals surface area contributed by atoms with Crippen LogP contribution in [0.25, 0.3) is 0 Å². The number of hydrogen-bond acceptors (Lipinski definition) is 14. The maximum absolute atomic E-state index is 14.1. The Morgan fingerprint density at radius 2 is 1.49 bits per heavy atom. The van der Waals surface area contributed by atoms with Gasteiger partial charge in [-0.2, -0.15) is 0 Å². The molecule has 1 unspecified atom stereocenters. The number of esters is 1. The van der Waals surface area contributed by atoms with Gasteiger partial charge in [0, 0.05) is 37.3 Å². The minimum absolute atomic E-state index is 0.0936. The molecule has 0 spiro atoms. The highest BCUT2D eigenvalue weighted by Gasteiger charge is 2.53. The molecule has 0 aromatic carbocycles. The number of carbonyl (C=O) groups excluding carboxylic acids is 2. The number of methoxy groups -OCH3 is 1. The Hall–Kier alpha value is -1.30. The number of ketones is 1. The van der Waals surface area contributed by atoms with Gasteiger partial charge in [-0.1, -0.05) is 27.7 Å². The molecule has 3 saturated heterocycles. The van der Waals surface area contributed by atoms with Crippen LogP contribution in [0.3, 0.4) is 0 Å². The summed E-state index contributed by atoms with van der Waals surface area (Å²) in [5.41, 5.74) is -4.84. The number of nitrogens with zero attached hydrogens (tertiary/aromatic N) is 1. The third kappa shape index (κ3) is 9.51. The first-order valence-electron chi connectivity index (χ1n) is 18.5. The third-order valence-corrected chi connectivity index (χ3v) is 11.8. The smallest absolute Gasteiger partial charge is 0.311 e. The molecule has 0 amide bonds. The third-order valence-electron chi connectivity index (χ3n) is 11.8. The average Bonchev–Trinajstić information content (AvgIpc) is 3.05. The van der Waals surface area contributed by atoms with Gasteiger partial charge in [0.05, 0.1) is 47.6 Å². The quantitative estimate of drug-likeness (QED) is 0.238. The van der Waals surface area contributed by atoms with Gasteiger partial charge in [-0.25, -0.2) is 0 Å². The molecular weight excluding hydrogens is 666 g/mol. The molecule has 51 heavy (non-hydrogen) atoms. The fourth-order valence-electron chi connectivity index (χ4n) is 8.41.